The van der Waals surface area contributed by atoms with Gasteiger partial charge in [-0.25, -0.2) is 13.4 Å². The van der Waals surface area contributed by atoms with Gasteiger partial charge in [0.2, 0.25) is 10.0 Å². The highest BCUT2D eigenvalue weighted by atomic mass is 32.2. The van der Waals surface area contributed by atoms with Gasteiger partial charge in [-0.05, 0) is 38.0 Å². The number of benzene rings is 1. The number of nitrogens with zero attached hydrogens (tertiary/aromatic N) is 5. The zero-order valence-electron chi connectivity index (χ0n) is 14.7. The van der Waals surface area contributed by atoms with Gasteiger partial charge in [0.15, 0.2) is 0 Å². The number of hydrogen-bond acceptors (Lipinski definition) is 6. The van der Waals surface area contributed by atoms with E-state index in [-0.39, 0.29) is 5.75 Å². The second-order valence-corrected chi connectivity index (χ2v) is 8.42. The van der Waals surface area contributed by atoms with Crippen LogP contribution in [-0.2, 0) is 16.6 Å². The van der Waals surface area contributed by atoms with Crippen LogP contribution in [0.5, 0.6) is 0 Å². The van der Waals surface area contributed by atoms with Crippen LogP contribution in [0, 0.1) is 13.8 Å². The Kier molecular flexibility index (Phi) is 4.03. The fraction of sp³-hybridized carbons (Fsp3) is 0.353. The molecule has 1 saturated heterocycles. The molecule has 26 heavy (non-hydrogen) atoms. The van der Waals surface area contributed by atoms with Crippen LogP contribution in [-0.4, -0.2) is 40.3 Å². The molecule has 8 nitrogen and oxygen atoms in total. The van der Waals surface area contributed by atoms with E-state index in [9.17, 15) is 8.42 Å². The number of anilines is 2. The largest absolute Gasteiger partial charge is 0.366 e. The Labute approximate surface area is 151 Å². The van der Waals surface area contributed by atoms with Gasteiger partial charge in [0.05, 0.1) is 11.4 Å². The molecule has 1 fully saturated rings. The summed E-state index contributed by atoms with van der Waals surface area (Å²) in [5.41, 5.74) is 3.60. The van der Waals surface area contributed by atoms with Crippen LogP contribution < -0.4 is 9.62 Å². The normalized spacial score (nSPS) is 16.3. The Morgan fingerprint density at radius 1 is 1.27 bits per heavy atom. The molecule has 4 rings (SSSR count). The van der Waals surface area contributed by atoms with Crippen molar-refractivity contribution in [1.82, 2.24) is 19.6 Å². The van der Waals surface area contributed by atoms with Gasteiger partial charge in [-0.3, -0.25) is 4.31 Å². The summed E-state index contributed by atoms with van der Waals surface area (Å²) >= 11 is 0. The first kappa shape index (κ1) is 16.8. The molecule has 1 aromatic carbocycles. The summed E-state index contributed by atoms with van der Waals surface area (Å²) in [5, 5.41) is 7.62. The quantitative estimate of drug-likeness (QED) is 0.752. The molecule has 2 aromatic heterocycles. The maximum atomic E-state index is 12.1. The standard InChI is InChI=1S/C17H20N6O2S/c1-12-13(2)21-17-19-11-20-23(17)16(12)18-10-14-5-3-6-15(9-14)22-7-4-8-26(22,24)25/h3,5-6,9,11,18H,4,7-8,10H2,1-2H3. The Hall–Kier alpha value is -2.68. The summed E-state index contributed by atoms with van der Waals surface area (Å²) in [6.07, 6.45) is 2.15. The molecule has 0 unspecified atom stereocenters. The average Bonchev–Trinajstić information content (AvgIpc) is 3.21. The highest BCUT2D eigenvalue weighted by molar-refractivity contribution is 7.93. The lowest BCUT2D eigenvalue weighted by atomic mass is 10.2. The summed E-state index contributed by atoms with van der Waals surface area (Å²) in [7, 11) is -3.18. The van der Waals surface area contributed by atoms with E-state index < -0.39 is 10.0 Å². The molecule has 0 atom stereocenters. The lowest BCUT2D eigenvalue weighted by Gasteiger charge is -2.18. The third kappa shape index (κ3) is 2.88. The summed E-state index contributed by atoms with van der Waals surface area (Å²) in [6, 6.07) is 7.61. The van der Waals surface area contributed by atoms with Gasteiger partial charge in [0.1, 0.15) is 12.1 Å². The lowest BCUT2D eigenvalue weighted by molar-refractivity contribution is 0.599. The highest BCUT2D eigenvalue weighted by Crippen LogP contribution is 2.25. The molecule has 0 aliphatic carbocycles. The molecule has 136 valence electrons. The lowest BCUT2D eigenvalue weighted by Crippen LogP contribution is -2.25. The van der Waals surface area contributed by atoms with E-state index in [1.807, 2.05) is 38.1 Å². The molecule has 1 aliphatic heterocycles. The molecule has 3 aromatic rings. The van der Waals surface area contributed by atoms with E-state index >= 15 is 0 Å². The van der Waals surface area contributed by atoms with Crippen LogP contribution in [0.4, 0.5) is 11.5 Å². The number of aryl methyl sites for hydroxylation is 1. The Morgan fingerprint density at radius 2 is 2.12 bits per heavy atom. The minimum atomic E-state index is -3.18. The first-order valence-corrected chi connectivity index (χ1v) is 10.1. The number of sulfonamides is 1. The van der Waals surface area contributed by atoms with Crippen molar-refractivity contribution in [2.24, 2.45) is 0 Å². The third-order valence-electron chi connectivity index (χ3n) is 4.66. The van der Waals surface area contributed by atoms with E-state index in [4.69, 9.17) is 0 Å². The van der Waals surface area contributed by atoms with E-state index in [1.54, 1.807) is 4.52 Å². The molecular weight excluding hydrogens is 352 g/mol. The molecular formula is C17H20N6O2S. The fourth-order valence-corrected chi connectivity index (χ4v) is 4.73. The Balaban J connectivity index is 1.61. The minimum absolute atomic E-state index is 0.218. The first-order valence-electron chi connectivity index (χ1n) is 8.46. The first-order chi connectivity index (χ1) is 12.5. The maximum Gasteiger partial charge on any atom is 0.254 e. The van der Waals surface area contributed by atoms with Gasteiger partial charge in [-0.2, -0.15) is 14.6 Å². The number of nitrogens with one attached hydrogen (secondary N) is 1. The third-order valence-corrected chi connectivity index (χ3v) is 6.53. The van der Waals surface area contributed by atoms with Gasteiger partial charge in [0, 0.05) is 24.3 Å². The average molecular weight is 372 g/mol. The Bertz CT molecular complexity index is 1080. The van der Waals surface area contributed by atoms with Gasteiger partial charge in [-0.15, -0.1) is 0 Å². The molecule has 0 spiro atoms. The topological polar surface area (TPSA) is 92.5 Å². The zero-order valence-corrected chi connectivity index (χ0v) is 15.5. The van der Waals surface area contributed by atoms with Crippen molar-refractivity contribution >= 4 is 27.3 Å². The van der Waals surface area contributed by atoms with Crippen molar-refractivity contribution in [2.45, 2.75) is 26.8 Å². The monoisotopic (exact) mass is 372 g/mol. The van der Waals surface area contributed by atoms with Crippen molar-refractivity contribution in [1.29, 1.82) is 0 Å². The van der Waals surface area contributed by atoms with Crippen LogP contribution in [0.15, 0.2) is 30.6 Å². The second-order valence-electron chi connectivity index (χ2n) is 6.41. The van der Waals surface area contributed by atoms with Crippen LogP contribution >= 0.6 is 0 Å². The summed E-state index contributed by atoms with van der Waals surface area (Å²) in [4.78, 5) is 8.56. The van der Waals surface area contributed by atoms with Crippen LogP contribution in [0.1, 0.15) is 23.2 Å². The van der Waals surface area contributed by atoms with E-state index in [0.717, 1.165) is 28.3 Å². The van der Waals surface area contributed by atoms with Crippen LogP contribution in [0.3, 0.4) is 0 Å². The minimum Gasteiger partial charge on any atom is -0.366 e. The highest BCUT2D eigenvalue weighted by Gasteiger charge is 2.28. The van der Waals surface area contributed by atoms with Crippen molar-refractivity contribution < 1.29 is 8.42 Å². The molecule has 0 amide bonds. The summed E-state index contributed by atoms with van der Waals surface area (Å²) < 4.78 is 27.4. The van der Waals surface area contributed by atoms with Gasteiger partial charge < -0.3 is 5.32 Å². The number of aromatic nitrogens is 4. The number of rotatable bonds is 4. The van der Waals surface area contributed by atoms with Crippen LogP contribution in [0.2, 0.25) is 0 Å². The van der Waals surface area contributed by atoms with Gasteiger partial charge in [0.25, 0.3) is 5.78 Å². The smallest absolute Gasteiger partial charge is 0.254 e. The number of fused-ring (bicyclic) bond motifs is 1. The predicted molar refractivity (Wildman–Crippen MR) is 99.8 cm³/mol. The van der Waals surface area contributed by atoms with E-state index in [2.05, 4.69) is 20.4 Å². The molecule has 0 radical (unpaired) electrons. The summed E-state index contributed by atoms with van der Waals surface area (Å²) in [5.74, 6) is 1.60. The van der Waals surface area contributed by atoms with E-state index in [1.165, 1.54) is 10.6 Å². The summed E-state index contributed by atoms with van der Waals surface area (Å²) in [6.45, 7) is 5.01. The van der Waals surface area contributed by atoms with Crippen molar-refractivity contribution in [3.05, 3.63) is 47.4 Å². The van der Waals surface area contributed by atoms with Gasteiger partial charge >= 0.3 is 0 Å². The SMILES string of the molecule is Cc1nc2ncnn2c(NCc2cccc(N3CCCS3(=O)=O)c2)c1C. The Morgan fingerprint density at radius 3 is 2.88 bits per heavy atom. The zero-order chi connectivity index (χ0) is 18.3. The molecule has 9 heteroatoms. The maximum absolute atomic E-state index is 12.1. The van der Waals surface area contributed by atoms with Crippen molar-refractivity contribution in [2.75, 3.05) is 21.9 Å². The molecule has 0 saturated carbocycles. The molecule has 0 bridgehead atoms. The molecule has 1 aliphatic rings. The predicted octanol–water partition coefficient (Wildman–Crippen LogP) is 1.89. The van der Waals surface area contributed by atoms with Crippen molar-refractivity contribution in [3.63, 3.8) is 0 Å². The van der Waals surface area contributed by atoms with E-state index in [0.29, 0.717) is 25.3 Å². The number of hydrogen-bond donors (Lipinski definition) is 1. The molecule has 1 N–H and O–H groups in total. The van der Waals surface area contributed by atoms with Gasteiger partial charge in [-0.1, -0.05) is 12.1 Å². The second kappa shape index (κ2) is 6.24. The molecule has 3 heterocycles. The van der Waals surface area contributed by atoms with Crippen LogP contribution in [0.25, 0.3) is 5.78 Å². The fourth-order valence-electron chi connectivity index (χ4n) is 3.18. The van der Waals surface area contributed by atoms with Crippen molar-refractivity contribution in [3.8, 4) is 0 Å².